The predicted molar refractivity (Wildman–Crippen MR) is 148 cm³/mol. The lowest BCUT2D eigenvalue weighted by atomic mass is 9.56. The minimum absolute atomic E-state index is 0.102. The molecule has 0 spiro atoms. The number of para-hydroxylation sites is 1. The first-order valence-corrected chi connectivity index (χ1v) is 14.6. The van der Waals surface area contributed by atoms with E-state index in [1.165, 1.54) is 31.2 Å². The van der Waals surface area contributed by atoms with Crippen molar-refractivity contribution in [2.45, 2.75) is 41.9 Å². The number of phenolic OH excluding ortho intramolecular Hbond substituents is 1. The van der Waals surface area contributed by atoms with Gasteiger partial charge in [0.25, 0.3) is 11.8 Å². The van der Waals surface area contributed by atoms with E-state index in [9.17, 15) is 42.3 Å². The fourth-order valence-electron chi connectivity index (χ4n) is 7.32. The number of carboxylic acids is 1. The summed E-state index contributed by atoms with van der Waals surface area (Å²) >= 11 is 14.0. The van der Waals surface area contributed by atoms with Gasteiger partial charge in [0.15, 0.2) is 33.0 Å². The summed E-state index contributed by atoms with van der Waals surface area (Å²) in [5.41, 5.74) is -1.59. The van der Waals surface area contributed by atoms with Crippen LogP contribution in [0.1, 0.15) is 36.3 Å². The number of benzene rings is 2. The van der Waals surface area contributed by atoms with E-state index in [1.807, 2.05) is 0 Å². The van der Waals surface area contributed by atoms with Gasteiger partial charge >= 0.3 is 5.97 Å². The van der Waals surface area contributed by atoms with Crippen molar-refractivity contribution in [3.05, 3.63) is 70.1 Å². The number of fused-ring (bicyclic) bond motifs is 4. The molecule has 2 heterocycles. The summed E-state index contributed by atoms with van der Waals surface area (Å²) in [6.45, 7) is 1.03. The van der Waals surface area contributed by atoms with Crippen molar-refractivity contribution in [3.8, 4) is 5.75 Å². The van der Waals surface area contributed by atoms with Crippen molar-refractivity contribution in [2.24, 2.45) is 17.8 Å². The lowest BCUT2D eigenvalue weighted by Gasteiger charge is -2.50. The number of hydrogen-bond acceptors (Lipinski definition) is 6. The molecule has 2 aliphatic heterocycles. The minimum atomic E-state index is -2.76. The monoisotopic (exact) mass is 686 g/mol. The van der Waals surface area contributed by atoms with Crippen molar-refractivity contribution in [1.29, 1.82) is 0 Å². The van der Waals surface area contributed by atoms with Gasteiger partial charge in [-0.3, -0.25) is 28.9 Å². The first kappa shape index (κ1) is 31.9. The van der Waals surface area contributed by atoms with Crippen LogP contribution in [-0.2, 0) is 24.0 Å². The number of aliphatic carboxylic acids is 1. The molecule has 4 aliphatic rings. The standard InChI is InChI=1S/C30H21Cl2F5N2O7/c1-10-3-2-4-13(24(10)42)17-11-5-6-12-16(26(44)38(25(12)43)8-7-15(40)41)14(11)9-29(31)27(45)39(28(46)30(17,29)32)23-21(36)19(34)18(33)20(35)22(23)37/h2-5,12,14,16-17,42H,6-9H2,1H3,(H,40,41)/t12-,14+,16-,17+,29+,30-/m0/s1. The molecule has 2 aromatic carbocycles. The highest BCUT2D eigenvalue weighted by Crippen LogP contribution is 2.66. The number of nitrogens with zero attached hydrogens (tertiary/aromatic N) is 2. The maximum absolute atomic E-state index is 15.1. The molecule has 6 rings (SSSR count). The molecule has 6 atom stereocenters. The second kappa shape index (κ2) is 10.5. The van der Waals surface area contributed by atoms with Crippen LogP contribution in [-0.4, -0.2) is 61.0 Å². The molecule has 0 unspecified atom stereocenters. The van der Waals surface area contributed by atoms with Crippen molar-refractivity contribution >= 4 is 58.5 Å². The number of allylic oxidation sites excluding steroid dienone is 2. The Labute approximate surface area is 266 Å². The third-order valence-electron chi connectivity index (χ3n) is 9.44. The largest absolute Gasteiger partial charge is 0.507 e. The Kier molecular flexibility index (Phi) is 7.28. The van der Waals surface area contributed by atoms with Crippen molar-refractivity contribution < 1.29 is 56.1 Å². The zero-order valence-electron chi connectivity index (χ0n) is 23.4. The van der Waals surface area contributed by atoms with Crippen LogP contribution in [0.5, 0.6) is 5.75 Å². The average molecular weight is 687 g/mol. The van der Waals surface area contributed by atoms with E-state index in [0.717, 1.165) is 4.90 Å². The van der Waals surface area contributed by atoms with E-state index in [-0.39, 0.29) is 28.0 Å². The molecule has 16 heteroatoms. The Morgan fingerprint density at radius 2 is 1.54 bits per heavy atom. The van der Waals surface area contributed by atoms with Crippen molar-refractivity contribution in [1.82, 2.24) is 4.90 Å². The number of carboxylic acid groups (broad SMARTS) is 1. The van der Waals surface area contributed by atoms with Crippen LogP contribution in [0.15, 0.2) is 29.8 Å². The first-order chi connectivity index (χ1) is 21.5. The summed E-state index contributed by atoms with van der Waals surface area (Å²) in [5, 5.41) is 20.3. The van der Waals surface area contributed by atoms with Crippen LogP contribution >= 0.6 is 23.2 Å². The van der Waals surface area contributed by atoms with Crippen LogP contribution < -0.4 is 4.90 Å². The summed E-state index contributed by atoms with van der Waals surface area (Å²) in [6.07, 6.45) is 0.0924. The smallest absolute Gasteiger partial charge is 0.305 e. The molecular formula is C30H21Cl2F5N2O7. The number of anilines is 1. The van der Waals surface area contributed by atoms with Crippen molar-refractivity contribution in [2.75, 3.05) is 11.4 Å². The molecule has 2 saturated heterocycles. The number of alkyl halides is 2. The SMILES string of the molecule is Cc1cccc([C@H]2C3=CC[C@@H]4C(=O)N(CCC(=O)O)C(=O)[C@@H]4[C@@H]3C[C@@]3(Cl)C(=O)N(c4c(F)c(F)c(F)c(F)c4F)C(=O)[C@@]23Cl)c1O. The van der Waals surface area contributed by atoms with Crippen LogP contribution in [0.2, 0.25) is 0 Å². The van der Waals surface area contributed by atoms with Crippen LogP contribution in [0.3, 0.4) is 0 Å². The lowest BCUT2D eigenvalue weighted by Crippen LogP contribution is -2.60. The molecule has 46 heavy (non-hydrogen) atoms. The molecule has 0 bridgehead atoms. The maximum atomic E-state index is 15.1. The molecule has 2 aliphatic carbocycles. The summed E-state index contributed by atoms with van der Waals surface area (Å²) in [5.74, 6) is -24.0. The van der Waals surface area contributed by atoms with Crippen LogP contribution in [0.25, 0.3) is 0 Å². The molecule has 242 valence electrons. The van der Waals surface area contributed by atoms with Gasteiger partial charge in [0.2, 0.25) is 17.6 Å². The van der Waals surface area contributed by atoms with Gasteiger partial charge in [0, 0.05) is 18.0 Å². The Morgan fingerprint density at radius 1 is 0.935 bits per heavy atom. The molecule has 3 fully saturated rings. The number of imide groups is 2. The Balaban J connectivity index is 1.58. The molecule has 2 N–H and O–H groups in total. The number of rotatable bonds is 5. The number of likely N-dealkylation sites (tertiary alicyclic amines) is 1. The van der Waals surface area contributed by atoms with Gasteiger partial charge in [0.1, 0.15) is 11.4 Å². The number of amides is 4. The zero-order chi connectivity index (χ0) is 33.8. The Morgan fingerprint density at radius 3 is 2.15 bits per heavy atom. The second-order valence-corrected chi connectivity index (χ2v) is 12.9. The fraction of sp³-hybridized carbons (Fsp3) is 0.367. The van der Waals surface area contributed by atoms with E-state index in [0.29, 0.717) is 0 Å². The second-order valence-electron chi connectivity index (χ2n) is 11.7. The first-order valence-electron chi connectivity index (χ1n) is 13.8. The minimum Gasteiger partial charge on any atom is -0.507 e. The number of hydrogen-bond donors (Lipinski definition) is 2. The zero-order valence-corrected chi connectivity index (χ0v) is 24.9. The molecule has 0 aromatic heterocycles. The van der Waals surface area contributed by atoms with Crippen LogP contribution in [0, 0.1) is 53.8 Å². The van der Waals surface area contributed by atoms with Gasteiger partial charge in [-0.05, 0) is 31.2 Å². The number of aryl methyl sites for hydroxylation is 1. The Bertz CT molecular complexity index is 1810. The topological polar surface area (TPSA) is 132 Å². The highest BCUT2D eigenvalue weighted by Gasteiger charge is 2.77. The van der Waals surface area contributed by atoms with Crippen molar-refractivity contribution in [3.63, 3.8) is 0 Å². The molecular weight excluding hydrogens is 666 g/mol. The highest BCUT2D eigenvalue weighted by atomic mass is 35.5. The lowest BCUT2D eigenvalue weighted by molar-refractivity contribution is -0.142. The quantitative estimate of drug-likeness (QED) is 0.119. The normalized spacial score (nSPS) is 30.4. The van der Waals surface area contributed by atoms with Gasteiger partial charge in [-0.15, -0.1) is 23.2 Å². The summed E-state index contributed by atoms with van der Waals surface area (Å²) in [4.78, 5) is 61.4. The number of halogens is 7. The van der Waals surface area contributed by atoms with Gasteiger partial charge < -0.3 is 10.2 Å². The van der Waals surface area contributed by atoms with Gasteiger partial charge in [0.05, 0.1) is 18.3 Å². The molecule has 9 nitrogen and oxygen atoms in total. The predicted octanol–water partition coefficient (Wildman–Crippen LogP) is 4.43. The third-order valence-corrected chi connectivity index (χ3v) is 10.9. The summed E-state index contributed by atoms with van der Waals surface area (Å²) < 4.78 is 72.7. The summed E-state index contributed by atoms with van der Waals surface area (Å²) in [7, 11) is 0. The molecule has 1 saturated carbocycles. The fourth-order valence-corrected chi connectivity index (χ4v) is 8.25. The molecule has 0 radical (unpaired) electrons. The van der Waals surface area contributed by atoms with E-state index in [1.54, 1.807) is 0 Å². The van der Waals surface area contributed by atoms with Gasteiger partial charge in [-0.1, -0.05) is 29.8 Å². The Hall–Kier alpha value is -4.04. The van der Waals surface area contributed by atoms with Gasteiger partial charge in [-0.2, -0.15) is 0 Å². The number of carbonyl (C=O) groups excluding carboxylic acids is 4. The summed E-state index contributed by atoms with van der Waals surface area (Å²) in [6, 6.07) is 4.27. The van der Waals surface area contributed by atoms with E-state index < -0.39 is 123 Å². The average Bonchev–Trinajstić information content (AvgIpc) is 3.34. The molecule has 4 amide bonds. The van der Waals surface area contributed by atoms with E-state index in [4.69, 9.17) is 28.3 Å². The number of phenols is 1. The van der Waals surface area contributed by atoms with Gasteiger partial charge in [-0.25, -0.2) is 26.9 Å². The highest BCUT2D eigenvalue weighted by molar-refractivity contribution is 6.58. The third kappa shape index (κ3) is 3.95. The maximum Gasteiger partial charge on any atom is 0.305 e. The number of carbonyl (C=O) groups is 5. The van der Waals surface area contributed by atoms with E-state index in [2.05, 4.69) is 0 Å². The van der Waals surface area contributed by atoms with Crippen LogP contribution in [0.4, 0.5) is 27.6 Å². The van der Waals surface area contributed by atoms with E-state index >= 15 is 8.78 Å². The molecule has 2 aromatic rings. The number of aromatic hydroxyl groups is 1.